The van der Waals surface area contributed by atoms with Gasteiger partial charge in [0.2, 0.25) is 0 Å². The van der Waals surface area contributed by atoms with E-state index in [1.807, 2.05) is 19.0 Å². The molecule has 0 amide bonds. The zero-order chi connectivity index (χ0) is 17.6. The van der Waals surface area contributed by atoms with E-state index in [0.29, 0.717) is 30.7 Å². The van der Waals surface area contributed by atoms with Gasteiger partial charge < -0.3 is 9.80 Å². The van der Waals surface area contributed by atoms with E-state index in [4.69, 9.17) is 5.48 Å². The fraction of sp³-hybridized carbons (Fsp3) is 0.294. The summed E-state index contributed by atoms with van der Waals surface area (Å²) < 4.78 is 32.4. The van der Waals surface area contributed by atoms with Crippen LogP contribution in [-0.2, 0) is 0 Å². The van der Waals surface area contributed by atoms with Crippen molar-refractivity contribution in [2.24, 2.45) is 0 Å². The largest absolute Gasteiger partial charge is 0.338 e. The van der Waals surface area contributed by atoms with Crippen LogP contribution in [0.1, 0.15) is 12.4 Å². The van der Waals surface area contributed by atoms with Crippen LogP contribution in [0.2, 0.25) is 0 Å². The molecule has 2 aromatic carbocycles. The summed E-state index contributed by atoms with van der Waals surface area (Å²) >= 11 is 1.44. The van der Waals surface area contributed by atoms with Gasteiger partial charge in [0, 0.05) is 22.4 Å². The molecule has 0 spiro atoms. The van der Waals surface area contributed by atoms with Gasteiger partial charge in [0.1, 0.15) is 0 Å². The quantitative estimate of drug-likeness (QED) is 0.810. The normalized spacial score (nSPS) is 16.9. The molecule has 1 heterocycles. The summed E-state index contributed by atoms with van der Waals surface area (Å²) in [5, 5.41) is 0. The summed E-state index contributed by atoms with van der Waals surface area (Å²) in [6.45, 7) is 2.74. The SMILES string of the molecule is Cl.[2H]c1cc([2H])c2c(c1)Sc1cc([2H])cc([2H])c1N2CC(C)N(C)C. The molecule has 4 heteroatoms. The molecule has 1 unspecified atom stereocenters. The zero-order valence-electron chi connectivity index (χ0n) is 16.3. The van der Waals surface area contributed by atoms with E-state index < -0.39 is 0 Å². The molecule has 1 aliphatic heterocycles. The van der Waals surface area contributed by atoms with Gasteiger partial charge >= 0.3 is 0 Å². The minimum atomic E-state index is 0. The van der Waals surface area contributed by atoms with E-state index in [-0.39, 0.29) is 18.4 Å². The lowest BCUT2D eigenvalue weighted by atomic mass is 10.2. The van der Waals surface area contributed by atoms with Crippen molar-refractivity contribution >= 4 is 35.5 Å². The number of para-hydroxylation sites is 2. The van der Waals surface area contributed by atoms with Gasteiger partial charge in [-0.25, -0.2) is 0 Å². The Kier molecular flexibility index (Phi) is 3.66. The van der Waals surface area contributed by atoms with Crippen LogP contribution in [0.5, 0.6) is 0 Å². The maximum Gasteiger partial charge on any atom is 0.0645 e. The molecule has 2 aromatic rings. The number of halogens is 1. The van der Waals surface area contributed by atoms with Crippen molar-refractivity contribution in [3.63, 3.8) is 0 Å². The van der Waals surface area contributed by atoms with Gasteiger partial charge in [0.25, 0.3) is 0 Å². The van der Waals surface area contributed by atoms with Crippen LogP contribution in [0.25, 0.3) is 0 Å². The predicted molar refractivity (Wildman–Crippen MR) is 94.4 cm³/mol. The Morgan fingerprint density at radius 2 is 1.67 bits per heavy atom. The van der Waals surface area contributed by atoms with Crippen molar-refractivity contribution in [2.45, 2.75) is 22.8 Å². The Balaban J connectivity index is 0.00000225. The van der Waals surface area contributed by atoms with Gasteiger partial charge in [-0.2, -0.15) is 0 Å². The van der Waals surface area contributed by atoms with Gasteiger partial charge in [0.05, 0.1) is 16.9 Å². The molecule has 0 saturated heterocycles. The topological polar surface area (TPSA) is 6.48 Å². The van der Waals surface area contributed by atoms with E-state index >= 15 is 0 Å². The smallest absolute Gasteiger partial charge is 0.0645 e. The molecule has 1 aliphatic rings. The summed E-state index contributed by atoms with van der Waals surface area (Å²) in [6, 6.07) is 8.04. The van der Waals surface area contributed by atoms with Crippen LogP contribution in [0.4, 0.5) is 11.4 Å². The van der Waals surface area contributed by atoms with Gasteiger partial charge in [-0.15, -0.1) is 12.4 Å². The highest BCUT2D eigenvalue weighted by molar-refractivity contribution is 7.99. The van der Waals surface area contributed by atoms with Crippen LogP contribution in [0.15, 0.2) is 58.2 Å². The van der Waals surface area contributed by atoms with E-state index in [0.717, 1.165) is 21.2 Å². The summed E-state index contributed by atoms with van der Waals surface area (Å²) in [6.07, 6.45) is 0. The Bertz CT molecular complexity index is 743. The van der Waals surface area contributed by atoms with Gasteiger partial charge in [0.15, 0.2) is 0 Å². The van der Waals surface area contributed by atoms with Crippen molar-refractivity contribution in [2.75, 3.05) is 25.5 Å². The molecule has 0 radical (unpaired) electrons. The van der Waals surface area contributed by atoms with Crippen molar-refractivity contribution in [3.8, 4) is 0 Å². The Morgan fingerprint density at radius 3 is 2.14 bits per heavy atom. The molecule has 0 aromatic heterocycles. The number of nitrogens with zero attached hydrogens (tertiary/aromatic N) is 2. The molecule has 0 saturated carbocycles. The van der Waals surface area contributed by atoms with Crippen molar-refractivity contribution in [1.82, 2.24) is 4.90 Å². The molecule has 2 nitrogen and oxygen atoms in total. The molecule has 1 atom stereocenters. The lowest BCUT2D eigenvalue weighted by molar-refractivity contribution is 0.319. The van der Waals surface area contributed by atoms with E-state index in [2.05, 4.69) is 11.8 Å². The summed E-state index contributed by atoms with van der Waals surface area (Å²) in [5.41, 5.74) is 1.51. The second kappa shape index (κ2) is 6.73. The number of hydrogen-bond acceptors (Lipinski definition) is 3. The van der Waals surface area contributed by atoms with Crippen LogP contribution in [0.3, 0.4) is 0 Å². The highest BCUT2D eigenvalue weighted by Gasteiger charge is 2.24. The first kappa shape index (κ1) is 11.4. The van der Waals surface area contributed by atoms with Crippen LogP contribution < -0.4 is 4.90 Å². The van der Waals surface area contributed by atoms with E-state index in [1.54, 1.807) is 24.3 Å². The molecular formula is C17H21ClN2S. The molecular weight excluding hydrogens is 300 g/mol. The maximum absolute atomic E-state index is 8.34. The molecule has 112 valence electrons. The molecule has 0 fully saturated rings. The highest BCUT2D eigenvalue weighted by atomic mass is 35.5. The van der Waals surface area contributed by atoms with Crippen LogP contribution >= 0.6 is 24.2 Å². The predicted octanol–water partition coefficient (Wildman–Crippen LogP) is 4.66. The highest BCUT2D eigenvalue weighted by Crippen LogP contribution is 2.47. The fourth-order valence-corrected chi connectivity index (χ4v) is 3.17. The van der Waals surface area contributed by atoms with Gasteiger partial charge in [-0.1, -0.05) is 36.0 Å². The first-order valence-electron chi connectivity index (χ1n) is 8.62. The van der Waals surface area contributed by atoms with Crippen LogP contribution in [0, 0.1) is 0 Å². The number of hydrogen-bond donors (Lipinski definition) is 0. The summed E-state index contributed by atoms with van der Waals surface area (Å²) in [5.74, 6) is 0. The maximum atomic E-state index is 8.34. The number of benzene rings is 2. The molecule has 0 aliphatic carbocycles. The standard InChI is InChI=1S/C17H20N2S.ClH/c1-13(18(2)3)12-19-14-8-4-6-10-16(14)20-17-11-7-5-9-15(17)19;/h4-11,13H,12H2,1-3H3;1H/i6D,7D,8D,9D;. The second-order valence-corrected chi connectivity index (χ2v) is 6.23. The Hall–Kier alpha value is -1.16. The van der Waals surface area contributed by atoms with Crippen molar-refractivity contribution in [3.05, 3.63) is 48.4 Å². The van der Waals surface area contributed by atoms with E-state index in [1.165, 1.54) is 11.8 Å². The number of likely N-dealkylation sites (N-methyl/N-ethyl adjacent to an activating group) is 1. The summed E-state index contributed by atoms with van der Waals surface area (Å²) in [4.78, 5) is 5.80. The molecule has 21 heavy (non-hydrogen) atoms. The number of fused-ring (bicyclic) bond motifs is 2. The zero-order valence-corrected chi connectivity index (χ0v) is 13.9. The number of anilines is 2. The molecule has 0 N–H and O–H groups in total. The van der Waals surface area contributed by atoms with E-state index in [9.17, 15) is 0 Å². The monoisotopic (exact) mass is 324 g/mol. The van der Waals surface area contributed by atoms with Gasteiger partial charge in [-0.3, -0.25) is 0 Å². The van der Waals surface area contributed by atoms with Crippen LogP contribution in [-0.4, -0.2) is 31.6 Å². The lowest BCUT2D eigenvalue weighted by Gasteiger charge is -2.36. The third-order valence-corrected chi connectivity index (χ3v) is 4.63. The minimum Gasteiger partial charge on any atom is -0.338 e. The van der Waals surface area contributed by atoms with Crippen molar-refractivity contribution < 1.29 is 5.48 Å². The fourth-order valence-electron chi connectivity index (χ4n) is 2.15. The average Bonchev–Trinajstić information content (AvgIpc) is 2.44. The Labute approximate surface area is 143 Å². The third kappa shape index (κ3) is 3.20. The Morgan fingerprint density at radius 1 is 1.14 bits per heavy atom. The lowest BCUT2D eigenvalue weighted by Crippen LogP contribution is -2.37. The minimum absolute atomic E-state index is 0. The first-order valence-corrected chi connectivity index (χ1v) is 7.44. The van der Waals surface area contributed by atoms with Gasteiger partial charge in [-0.05, 0) is 45.2 Å². The number of rotatable bonds is 3. The summed E-state index contributed by atoms with van der Waals surface area (Å²) in [7, 11) is 4.02. The molecule has 3 rings (SSSR count). The van der Waals surface area contributed by atoms with Crippen molar-refractivity contribution in [1.29, 1.82) is 0 Å². The first-order chi connectivity index (χ1) is 11.3. The molecule has 0 bridgehead atoms. The average molecular weight is 325 g/mol. The third-order valence-electron chi connectivity index (χ3n) is 3.57. The second-order valence-electron chi connectivity index (χ2n) is 5.15.